The Morgan fingerprint density at radius 1 is 0.969 bits per heavy atom. The van der Waals surface area contributed by atoms with Crippen molar-refractivity contribution in [2.45, 2.75) is 5.75 Å². The second-order valence-electron chi connectivity index (χ2n) is 7.37. The molecule has 1 aliphatic heterocycles. The Labute approximate surface area is 183 Å². The van der Waals surface area contributed by atoms with Gasteiger partial charge in [-0.1, -0.05) is 30.3 Å². The van der Waals surface area contributed by atoms with Gasteiger partial charge in [0.2, 0.25) is 0 Å². The molecule has 3 aromatic carbocycles. The van der Waals surface area contributed by atoms with Gasteiger partial charge in [-0.2, -0.15) is 8.42 Å². The first-order chi connectivity index (χ1) is 15.4. The van der Waals surface area contributed by atoms with E-state index in [2.05, 4.69) is 20.3 Å². The third-order valence-corrected chi connectivity index (χ3v) is 5.75. The highest BCUT2D eigenvalue weighted by atomic mass is 32.2. The quantitative estimate of drug-likeness (QED) is 0.350. The summed E-state index contributed by atoms with van der Waals surface area (Å²) in [6, 6.07) is 19.8. The SMILES string of the molecule is O=S(=O)(O)Cc1ccccc1Nc1ccc2[nH]c(O)c(C=C3N=c4ccccc4=N3)c2c1. The smallest absolute Gasteiger partial charge is 0.269 e. The molecule has 1 aliphatic rings. The highest BCUT2D eigenvalue weighted by molar-refractivity contribution is 7.85. The molecule has 1 aromatic heterocycles. The van der Waals surface area contributed by atoms with Crippen molar-refractivity contribution in [1.29, 1.82) is 0 Å². The molecule has 8 nitrogen and oxygen atoms in total. The second kappa shape index (κ2) is 7.63. The van der Waals surface area contributed by atoms with Gasteiger partial charge in [0.15, 0.2) is 11.7 Å². The molecule has 0 fully saturated rings. The molecule has 2 heterocycles. The number of para-hydroxylation sites is 3. The van der Waals surface area contributed by atoms with Crippen molar-refractivity contribution in [2.75, 3.05) is 5.32 Å². The summed E-state index contributed by atoms with van der Waals surface area (Å²) in [5.74, 6) is -0.0124. The number of aromatic hydroxyl groups is 1. The molecule has 160 valence electrons. The van der Waals surface area contributed by atoms with Crippen LogP contribution in [0.5, 0.6) is 5.88 Å². The zero-order chi connectivity index (χ0) is 22.3. The van der Waals surface area contributed by atoms with Gasteiger partial charge in [0.05, 0.1) is 10.7 Å². The van der Waals surface area contributed by atoms with Gasteiger partial charge in [0, 0.05) is 27.8 Å². The molecule has 5 rings (SSSR count). The van der Waals surface area contributed by atoms with Crippen LogP contribution in [0.25, 0.3) is 17.0 Å². The van der Waals surface area contributed by atoms with Crippen molar-refractivity contribution >= 4 is 38.5 Å². The average Bonchev–Trinajstić information content (AvgIpc) is 3.29. The van der Waals surface area contributed by atoms with Crippen LogP contribution in [-0.4, -0.2) is 23.1 Å². The summed E-state index contributed by atoms with van der Waals surface area (Å²) in [5.41, 5.74) is 2.95. The summed E-state index contributed by atoms with van der Waals surface area (Å²) >= 11 is 0. The Kier molecular flexibility index (Phi) is 4.76. The lowest BCUT2D eigenvalue weighted by Crippen LogP contribution is -2.19. The summed E-state index contributed by atoms with van der Waals surface area (Å²) in [6.45, 7) is 0. The van der Waals surface area contributed by atoms with Gasteiger partial charge in [-0.3, -0.25) is 4.55 Å². The molecule has 0 spiro atoms. The molecule has 0 amide bonds. The van der Waals surface area contributed by atoms with E-state index in [1.807, 2.05) is 36.4 Å². The van der Waals surface area contributed by atoms with E-state index in [4.69, 9.17) is 0 Å². The molecule has 4 N–H and O–H groups in total. The zero-order valence-corrected chi connectivity index (χ0v) is 17.5. The van der Waals surface area contributed by atoms with E-state index >= 15 is 0 Å². The van der Waals surface area contributed by atoms with Gasteiger partial charge in [-0.15, -0.1) is 0 Å². The van der Waals surface area contributed by atoms with E-state index in [1.54, 1.807) is 36.4 Å². The highest BCUT2D eigenvalue weighted by Crippen LogP contribution is 2.33. The minimum atomic E-state index is -4.17. The van der Waals surface area contributed by atoms with Crippen LogP contribution in [0.2, 0.25) is 0 Å². The number of hydrogen-bond donors (Lipinski definition) is 4. The lowest BCUT2D eigenvalue weighted by Gasteiger charge is -2.11. The number of fused-ring (bicyclic) bond motifs is 2. The molecule has 0 saturated heterocycles. The Bertz CT molecular complexity index is 1580. The van der Waals surface area contributed by atoms with Crippen molar-refractivity contribution in [1.82, 2.24) is 4.98 Å². The van der Waals surface area contributed by atoms with Crippen molar-refractivity contribution in [2.24, 2.45) is 9.98 Å². The number of aromatic amines is 1. The molecule has 0 bridgehead atoms. The molecule has 0 aliphatic carbocycles. The van der Waals surface area contributed by atoms with Gasteiger partial charge in [0.1, 0.15) is 5.75 Å². The van der Waals surface area contributed by atoms with Gasteiger partial charge in [-0.25, -0.2) is 9.98 Å². The molecular formula is C23H18N4O4S. The number of nitrogens with one attached hydrogen (secondary N) is 2. The topological polar surface area (TPSA) is 127 Å². The van der Waals surface area contributed by atoms with Crippen molar-refractivity contribution in [3.63, 3.8) is 0 Å². The van der Waals surface area contributed by atoms with E-state index in [1.165, 1.54) is 0 Å². The first-order valence-electron chi connectivity index (χ1n) is 9.75. The second-order valence-corrected chi connectivity index (χ2v) is 8.82. The maximum absolute atomic E-state index is 11.3. The average molecular weight is 446 g/mol. The molecule has 4 aromatic rings. The van der Waals surface area contributed by atoms with Crippen LogP contribution in [-0.2, 0) is 15.9 Å². The minimum Gasteiger partial charge on any atom is -0.494 e. The summed E-state index contributed by atoms with van der Waals surface area (Å²) < 4.78 is 31.9. The molecule has 0 atom stereocenters. The normalized spacial score (nSPS) is 12.8. The molecule has 32 heavy (non-hydrogen) atoms. The monoisotopic (exact) mass is 446 g/mol. The first kappa shape index (κ1) is 20.0. The van der Waals surface area contributed by atoms with Gasteiger partial charge in [0.25, 0.3) is 10.1 Å². The highest BCUT2D eigenvalue weighted by Gasteiger charge is 2.14. The summed E-state index contributed by atoms with van der Waals surface area (Å²) in [7, 11) is -4.17. The van der Waals surface area contributed by atoms with Crippen LogP contribution in [0.3, 0.4) is 0 Å². The number of hydrogen-bond acceptors (Lipinski definition) is 6. The lowest BCUT2D eigenvalue weighted by atomic mass is 10.1. The maximum Gasteiger partial charge on any atom is 0.269 e. The van der Waals surface area contributed by atoms with Crippen molar-refractivity contribution < 1.29 is 18.1 Å². The lowest BCUT2D eigenvalue weighted by molar-refractivity contribution is 0.457. The van der Waals surface area contributed by atoms with E-state index in [0.29, 0.717) is 28.3 Å². The molecule has 9 heteroatoms. The summed E-state index contributed by atoms with van der Waals surface area (Å²) in [6.07, 6.45) is 1.71. The van der Waals surface area contributed by atoms with Crippen LogP contribution in [0.15, 0.2) is 82.5 Å². The van der Waals surface area contributed by atoms with E-state index in [-0.39, 0.29) is 5.88 Å². The third kappa shape index (κ3) is 3.98. The Morgan fingerprint density at radius 2 is 1.66 bits per heavy atom. The summed E-state index contributed by atoms with van der Waals surface area (Å²) in [5, 5.41) is 16.0. The fraction of sp³-hybridized carbons (Fsp3) is 0.0435. The van der Waals surface area contributed by atoms with E-state index < -0.39 is 15.9 Å². The van der Waals surface area contributed by atoms with E-state index in [0.717, 1.165) is 21.6 Å². The fourth-order valence-electron chi connectivity index (χ4n) is 3.66. The predicted octanol–water partition coefficient (Wildman–Crippen LogP) is 3.26. The Hall–Kier alpha value is -3.95. The van der Waals surface area contributed by atoms with Crippen molar-refractivity contribution in [3.05, 3.63) is 94.4 Å². The number of rotatable bonds is 5. The predicted molar refractivity (Wildman–Crippen MR) is 122 cm³/mol. The Morgan fingerprint density at radius 3 is 2.38 bits per heavy atom. The van der Waals surface area contributed by atoms with Crippen LogP contribution in [0.4, 0.5) is 11.4 Å². The fourth-order valence-corrected chi connectivity index (χ4v) is 4.31. The number of nitrogens with zero attached hydrogens (tertiary/aromatic N) is 2. The molecule has 0 unspecified atom stereocenters. The standard InChI is InChI=1S/C23H18N4O4S/c28-23-17(12-22-25-20-7-3-4-8-21(20)26-22)16-11-15(9-10-19(16)27-23)24-18-6-2-1-5-14(18)13-32(29,30)31/h1-12,24,27-28H,13H2,(H,29,30,31). The molecule has 0 saturated carbocycles. The largest absolute Gasteiger partial charge is 0.494 e. The van der Waals surface area contributed by atoms with E-state index in [9.17, 15) is 18.1 Å². The molecular weight excluding hydrogens is 428 g/mol. The van der Waals surface area contributed by atoms with Crippen LogP contribution < -0.4 is 16.0 Å². The minimum absolute atomic E-state index is 0.00206. The van der Waals surface area contributed by atoms with Gasteiger partial charge >= 0.3 is 0 Å². The third-order valence-electron chi connectivity index (χ3n) is 5.08. The maximum atomic E-state index is 11.3. The molecule has 0 radical (unpaired) electrons. The number of benzene rings is 3. The Balaban J connectivity index is 1.54. The first-order valence-corrected chi connectivity index (χ1v) is 11.4. The number of aromatic nitrogens is 1. The van der Waals surface area contributed by atoms with Crippen LogP contribution in [0, 0.1) is 0 Å². The number of anilines is 2. The number of H-pyrrole nitrogens is 1. The van der Waals surface area contributed by atoms with Crippen LogP contribution in [0.1, 0.15) is 11.1 Å². The van der Waals surface area contributed by atoms with Gasteiger partial charge in [-0.05, 0) is 48.0 Å². The zero-order valence-electron chi connectivity index (χ0n) is 16.6. The van der Waals surface area contributed by atoms with Crippen LogP contribution >= 0.6 is 0 Å². The van der Waals surface area contributed by atoms with Gasteiger partial charge < -0.3 is 15.4 Å². The van der Waals surface area contributed by atoms with Crippen molar-refractivity contribution in [3.8, 4) is 5.88 Å². The summed E-state index contributed by atoms with van der Waals surface area (Å²) in [4.78, 5) is 11.9.